The molecule has 3 aliphatic rings. The van der Waals surface area contributed by atoms with Crippen molar-refractivity contribution in [1.82, 2.24) is 10.2 Å². The Balaban J connectivity index is 1.76. The normalized spacial score (nSPS) is 35.4. The van der Waals surface area contributed by atoms with Crippen molar-refractivity contribution in [2.45, 2.75) is 82.4 Å². The van der Waals surface area contributed by atoms with Crippen LogP contribution in [0.2, 0.25) is 0 Å². The van der Waals surface area contributed by atoms with E-state index in [0.717, 1.165) is 0 Å². The molecule has 134 valence electrons. The summed E-state index contributed by atoms with van der Waals surface area (Å²) >= 11 is 0. The number of carbonyl (C=O) groups is 3. The maximum absolute atomic E-state index is 12.9. The summed E-state index contributed by atoms with van der Waals surface area (Å²) in [6.45, 7) is 5.22. The molecule has 2 N–H and O–H groups in total. The summed E-state index contributed by atoms with van der Waals surface area (Å²) in [7, 11) is 0. The van der Waals surface area contributed by atoms with Gasteiger partial charge in [0.25, 0.3) is 0 Å². The third kappa shape index (κ3) is 3.48. The highest BCUT2D eigenvalue weighted by Crippen LogP contribution is 2.39. The SMILES string of the molecule is CC(C)(C)OC(=O)N[C@H]1C[C@H]2O[C@H]2C[C@H]2CC[C@@H](C(=O)O)N2C1=O. The van der Waals surface area contributed by atoms with E-state index < -0.39 is 29.7 Å². The van der Waals surface area contributed by atoms with Gasteiger partial charge in [-0.3, -0.25) is 4.79 Å². The van der Waals surface area contributed by atoms with Crippen molar-refractivity contribution >= 4 is 18.0 Å². The molecule has 8 heteroatoms. The van der Waals surface area contributed by atoms with Crippen molar-refractivity contribution in [2.75, 3.05) is 0 Å². The first-order valence-corrected chi connectivity index (χ1v) is 8.35. The summed E-state index contributed by atoms with van der Waals surface area (Å²) in [5, 5.41) is 12.0. The van der Waals surface area contributed by atoms with Crippen LogP contribution >= 0.6 is 0 Å². The molecule has 3 heterocycles. The van der Waals surface area contributed by atoms with E-state index in [0.29, 0.717) is 25.7 Å². The first-order chi connectivity index (χ1) is 11.2. The smallest absolute Gasteiger partial charge is 0.408 e. The number of alkyl carbamates (subject to hydrolysis) is 1. The van der Waals surface area contributed by atoms with Gasteiger partial charge in [-0.2, -0.15) is 0 Å². The average Bonchev–Trinajstić information content (AvgIpc) is 2.99. The van der Waals surface area contributed by atoms with E-state index in [1.807, 2.05) is 0 Å². The van der Waals surface area contributed by atoms with Crippen molar-refractivity contribution in [1.29, 1.82) is 0 Å². The molecule has 3 aliphatic heterocycles. The Morgan fingerprint density at radius 3 is 2.54 bits per heavy atom. The molecule has 0 aliphatic carbocycles. The predicted molar refractivity (Wildman–Crippen MR) is 82.3 cm³/mol. The third-order valence-corrected chi connectivity index (χ3v) is 4.69. The van der Waals surface area contributed by atoms with Gasteiger partial charge in [-0.15, -0.1) is 0 Å². The fourth-order valence-corrected chi connectivity index (χ4v) is 3.64. The van der Waals surface area contributed by atoms with E-state index in [1.165, 1.54) is 4.90 Å². The minimum absolute atomic E-state index is 0.0427. The number of carboxylic acid groups (broad SMARTS) is 1. The van der Waals surface area contributed by atoms with Crippen LogP contribution in [0.1, 0.15) is 46.5 Å². The van der Waals surface area contributed by atoms with Crippen LogP contribution in [0.3, 0.4) is 0 Å². The van der Waals surface area contributed by atoms with Gasteiger partial charge >= 0.3 is 12.1 Å². The molecule has 0 aromatic rings. The molecule has 0 saturated carbocycles. The standard InChI is InChI=1S/C16H24N2O6/c1-16(2,3)24-15(22)17-9-7-12-11(23-12)6-8-4-5-10(14(20)21)18(8)13(9)19/h8-12H,4-7H2,1-3H3,(H,17,22)(H,20,21)/t8-,9+,10+,11+,12-/m1/s1. The van der Waals surface area contributed by atoms with Gasteiger partial charge in [0.15, 0.2) is 0 Å². The molecule has 0 spiro atoms. The van der Waals surface area contributed by atoms with Crippen molar-refractivity contribution in [3.05, 3.63) is 0 Å². The van der Waals surface area contributed by atoms with Crippen LogP contribution < -0.4 is 5.32 Å². The van der Waals surface area contributed by atoms with Gasteiger partial charge in [0.05, 0.1) is 12.2 Å². The van der Waals surface area contributed by atoms with Crippen LogP contribution in [0.25, 0.3) is 0 Å². The van der Waals surface area contributed by atoms with Crippen molar-refractivity contribution in [2.24, 2.45) is 0 Å². The molecule has 0 unspecified atom stereocenters. The Morgan fingerprint density at radius 2 is 1.92 bits per heavy atom. The first-order valence-electron chi connectivity index (χ1n) is 8.35. The molecule has 0 radical (unpaired) electrons. The predicted octanol–water partition coefficient (Wildman–Crippen LogP) is 0.885. The lowest BCUT2D eigenvalue weighted by atomic mass is 9.99. The second-order valence-electron chi connectivity index (χ2n) is 7.71. The van der Waals surface area contributed by atoms with Gasteiger partial charge in [-0.05, 0) is 40.0 Å². The molecule has 3 saturated heterocycles. The maximum Gasteiger partial charge on any atom is 0.408 e. The van der Waals surface area contributed by atoms with Crippen LogP contribution in [-0.4, -0.2) is 63.9 Å². The Hall–Kier alpha value is -1.83. The lowest BCUT2D eigenvalue weighted by molar-refractivity contribution is -0.150. The fourth-order valence-electron chi connectivity index (χ4n) is 3.64. The Morgan fingerprint density at radius 1 is 1.25 bits per heavy atom. The molecule has 0 bridgehead atoms. The number of fused-ring (bicyclic) bond motifs is 2. The lowest BCUT2D eigenvalue weighted by Crippen LogP contribution is -2.56. The highest BCUT2D eigenvalue weighted by atomic mass is 16.6. The van der Waals surface area contributed by atoms with Crippen LogP contribution in [0.5, 0.6) is 0 Å². The van der Waals surface area contributed by atoms with E-state index in [9.17, 15) is 19.5 Å². The van der Waals surface area contributed by atoms with Crippen molar-refractivity contribution in [3.8, 4) is 0 Å². The molecule has 2 amide bonds. The van der Waals surface area contributed by atoms with E-state index in [1.54, 1.807) is 20.8 Å². The number of rotatable bonds is 2. The molecule has 3 fully saturated rings. The van der Waals surface area contributed by atoms with Crippen molar-refractivity contribution < 1.29 is 29.0 Å². The molecule has 0 aromatic heterocycles. The number of epoxide rings is 1. The van der Waals surface area contributed by atoms with Gasteiger partial charge in [0, 0.05) is 12.5 Å². The zero-order valence-electron chi connectivity index (χ0n) is 14.2. The third-order valence-electron chi connectivity index (χ3n) is 4.69. The molecule has 8 nitrogen and oxygen atoms in total. The zero-order chi connectivity index (χ0) is 17.6. The number of carboxylic acids is 1. The number of hydrogen-bond donors (Lipinski definition) is 2. The quantitative estimate of drug-likeness (QED) is 0.723. The lowest BCUT2D eigenvalue weighted by Gasteiger charge is -2.33. The molecule has 3 rings (SSSR count). The van der Waals surface area contributed by atoms with Gasteiger partial charge in [-0.1, -0.05) is 0 Å². The number of ether oxygens (including phenoxy) is 2. The van der Waals surface area contributed by atoms with E-state index >= 15 is 0 Å². The highest BCUT2D eigenvalue weighted by molar-refractivity contribution is 5.90. The molecule has 24 heavy (non-hydrogen) atoms. The number of nitrogens with one attached hydrogen (secondary N) is 1. The minimum Gasteiger partial charge on any atom is -0.480 e. The number of hydrogen-bond acceptors (Lipinski definition) is 5. The molecular formula is C16H24N2O6. The number of aliphatic carboxylic acids is 1. The van der Waals surface area contributed by atoms with E-state index in [4.69, 9.17) is 9.47 Å². The molecular weight excluding hydrogens is 316 g/mol. The Kier molecular flexibility index (Phi) is 4.19. The second-order valence-corrected chi connectivity index (χ2v) is 7.71. The van der Waals surface area contributed by atoms with Gasteiger partial charge in [-0.25, -0.2) is 9.59 Å². The first kappa shape index (κ1) is 17.0. The summed E-state index contributed by atoms with van der Waals surface area (Å²) in [5.74, 6) is -1.36. The Bertz CT molecular complexity index is 557. The highest BCUT2D eigenvalue weighted by Gasteiger charge is 2.52. The fraction of sp³-hybridized carbons (Fsp3) is 0.812. The number of carbonyl (C=O) groups excluding carboxylic acids is 2. The molecule has 0 aromatic carbocycles. The molecule has 5 atom stereocenters. The van der Waals surface area contributed by atoms with Gasteiger partial charge in [0.1, 0.15) is 17.7 Å². The topological polar surface area (TPSA) is 108 Å². The minimum atomic E-state index is -1.00. The van der Waals surface area contributed by atoms with Crippen LogP contribution in [0.15, 0.2) is 0 Å². The van der Waals surface area contributed by atoms with Crippen LogP contribution in [-0.2, 0) is 19.1 Å². The van der Waals surface area contributed by atoms with E-state index in [-0.39, 0.29) is 24.2 Å². The monoisotopic (exact) mass is 340 g/mol. The summed E-state index contributed by atoms with van der Waals surface area (Å²) in [5.41, 5.74) is -0.673. The zero-order valence-corrected chi connectivity index (χ0v) is 14.2. The second kappa shape index (κ2) is 5.91. The van der Waals surface area contributed by atoms with Crippen LogP contribution in [0, 0.1) is 0 Å². The van der Waals surface area contributed by atoms with Crippen molar-refractivity contribution in [3.63, 3.8) is 0 Å². The average molecular weight is 340 g/mol. The number of amides is 2. The van der Waals surface area contributed by atoms with Gasteiger partial charge < -0.3 is 24.8 Å². The summed E-state index contributed by atoms with van der Waals surface area (Å²) < 4.78 is 10.8. The Labute approximate surface area is 140 Å². The number of nitrogens with zero attached hydrogens (tertiary/aromatic N) is 1. The summed E-state index contributed by atoms with van der Waals surface area (Å²) in [6, 6.07) is -1.80. The van der Waals surface area contributed by atoms with Gasteiger partial charge in [0.2, 0.25) is 5.91 Å². The van der Waals surface area contributed by atoms with Crippen LogP contribution in [0.4, 0.5) is 4.79 Å². The largest absolute Gasteiger partial charge is 0.480 e. The summed E-state index contributed by atoms with van der Waals surface area (Å²) in [4.78, 5) is 37.8. The summed E-state index contributed by atoms with van der Waals surface area (Å²) in [6.07, 6.45) is 1.40. The maximum atomic E-state index is 12.9. The van der Waals surface area contributed by atoms with E-state index in [2.05, 4.69) is 5.32 Å².